The van der Waals surface area contributed by atoms with Gasteiger partial charge in [0.1, 0.15) is 17.5 Å². The number of rotatable bonds is 9. The molecule has 1 unspecified atom stereocenters. The van der Waals surface area contributed by atoms with Crippen LogP contribution in [0.15, 0.2) is 59.5 Å². The summed E-state index contributed by atoms with van der Waals surface area (Å²) in [5.41, 5.74) is 0.884. The molecule has 10 nitrogen and oxygen atoms in total. The van der Waals surface area contributed by atoms with Crippen LogP contribution in [0.5, 0.6) is 0 Å². The smallest absolute Gasteiger partial charge is 0.405 e. The second-order valence-corrected chi connectivity index (χ2v) is 8.08. The predicted molar refractivity (Wildman–Crippen MR) is 129 cm³/mol. The number of aromatic amines is 1. The van der Waals surface area contributed by atoms with E-state index in [0.717, 1.165) is 5.52 Å². The van der Waals surface area contributed by atoms with Gasteiger partial charge in [-0.1, -0.05) is 6.08 Å². The highest BCUT2D eigenvalue weighted by Crippen LogP contribution is 2.17. The van der Waals surface area contributed by atoms with Crippen molar-refractivity contribution in [1.82, 2.24) is 19.8 Å². The fourth-order valence-corrected chi connectivity index (χ4v) is 3.42. The highest BCUT2D eigenvalue weighted by Gasteiger charge is 2.21. The molecule has 3 aromatic rings. The number of H-pyrrole nitrogens is 1. The lowest BCUT2D eigenvalue weighted by Crippen LogP contribution is -2.44. The van der Waals surface area contributed by atoms with Crippen LogP contribution in [-0.4, -0.2) is 57.6 Å². The predicted octanol–water partition coefficient (Wildman–Crippen LogP) is 2.52. The summed E-state index contributed by atoms with van der Waals surface area (Å²) >= 11 is 0. The number of carbonyl (C=O) groups excluding carboxylic acids is 2. The molecule has 184 valence electrons. The molecule has 0 saturated heterocycles. The van der Waals surface area contributed by atoms with Crippen LogP contribution < -0.4 is 16.2 Å². The first-order valence-electron chi connectivity index (χ1n) is 10.8. The number of amides is 3. The Morgan fingerprint density at radius 1 is 1.23 bits per heavy atom. The van der Waals surface area contributed by atoms with Crippen molar-refractivity contribution in [1.29, 1.82) is 0 Å². The van der Waals surface area contributed by atoms with Crippen LogP contribution in [0.3, 0.4) is 0 Å². The average molecular weight is 484 g/mol. The Morgan fingerprint density at radius 3 is 2.71 bits per heavy atom. The van der Waals surface area contributed by atoms with Crippen molar-refractivity contribution < 1.29 is 23.9 Å². The summed E-state index contributed by atoms with van der Waals surface area (Å²) in [4.78, 5) is 52.9. The van der Waals surface area contributed by atoms with Crippen LogP contribution in [0.4, 0.5) is 14.9 Å². The van der Waals surface area contributed by atoms with Crippen molar-refractivity contribution in [3.8, 4) is 0 Å². The van der Waals surface area contributed by atoms with Gasteiger partial charge in [-0.15, -0.1) is 0 Å². The Labute approximate surface area is 200 Å². The molecule has 0 saturated carbocycles. The molecular formula is C24H26FN5O5. The molecule has 0 radical (unpaired) electrons. The molecule has 1 atom stereocenters. The number of hydrogen-bond acceptors (Lipinski definition) is 4. The van der Waals surface area contributed by atoms with E-state index < -0.39 is 23.6 Å². The quantitative estimate of drug-likeness (QED) is 0.347. The van der Waals surface area contributed by atoms with Crippen molar-refractivity contribution in [3.63, 3.8) is 0 Å². The first-order chi connectivity index (χ1) is 16.6. The van der Waals surface area contributed by atoms with Gasteiger partial charge in [-0.05, 0) is 55.3 Å². The summed E-state index contributed by atoms with van der Waals surface area (Å²) in [6.07, 6.45) is 3.39. The van der Waals surface area contributed by atoms with E-state index in [1.165, 1.54) is 33.7 Å². The second kappa shape index (κ2) is 11.1. The standard InChI is InChI=1S/C24H26FN5O5/c1-29(2)21(31)8-4-3-6-19(28-24(34)35)22(32)27-20-7-5-11-30(23(20)33)14-17-13-15-12-16(25)9-10-18(15)26-17/h4-5,7-13,19,26,28H,3,6,14H2,1-2H3,(H,27,32)(H,34,35). The zero-order chi connectivity index (χ0) is 25.5. The number of hydrogen-bond donors (Lipinski definition) is 4. The lowest BCUT2D eigenvalue weighted by molar-refractivity contribution is -0.123. The lowest BCUT2D eigenvalue weighted by Gasteiger charge is -2.16. The van der Waals surface area contributed by atoms with Gasteiger partial charge in [0.15, 0.2) is 0 Å². The number of allylic oxidation sites excluding steroid dienone is 1. The van der Waals surface area contributed by atoms with Gasteiger partial charge >= 0.3 is 6.09 Å². The Bertz CT molecular complexity index is 1330. The van der Waals surface area contributed by atoms with E-state index in [-0.39, 0.29) is 36.8 Å². The lowest BCUT2D eigenvalue weighted by atomic mass is 10.1. The van der Waals surface area contributed by atoms with Crippen molar-refractivity contribution in [2.75, 3.05) is 19.4 Å². The SMILES string of the molecule is CN(C)C(=O)C=CCCC(NC(=O)O)C(=O)Nc1cccn(Cc2cc3cc(F)ccc3[nH]2)c1=O. The Balaban J connectivity index is 1.71. The molecule has 0 bridgehead atoms. The number of fused-ring (bicyclic) bond motifs is 1. The maximum atomic E-state index is 13.4. The molecule has 0 aliphatic heterocycles. The van der Waals surface area contributed by atoms with Crippen molar-refractivity contribution in [2.24, 2.45) is 0 Å². The van der Waals surface area contributed by atoms with Gasteiger partial charge < -0.3 is 30.2 Å². The maximum absolute atomic E-state index is 13.4. The fourth-order valence-electron chi connectivity index (χ4n) is 3.42. The minimum atomic E-state index is -1.39. The molecule has 1 aromatic carbocycles. The number of likely N-dealkylation sites (N-methyl/N-ethyl adjacent to an activating group) is 1. The van der Waals surface area contributed by atoms with Gasteiger partial charge in [0.2, 0.25) is 11.8 Å². The Kier molecular flexibility index (Phi) is 8.03. The second-order valence-electron chi connectivity index (χ2n) is 8.08. The monoisotopic (exact) mass is 483 g/mol. The number of pyridine rings is 1. The average Bonchev–Trinajstić information content (AvgIpc) is 3.19. The number of halogens is 1. The molecule has 11 heteroatoms. The Morgan fingerprint density at radius 2 is 2.00 bits per heavy atom. The largest absolute Gasteiger partial charge is 0.465 e. The summed E-state index contributed by atoms with van der Waals surface area (Å²) in [6, 6.07) is 7.92. The van der Waals surface area contributed by atoms with Crippen LogP contribution in [0, 0.1) is 5.82 Å². The van der Waals surface area contributed by atoms with Gasteiger partial charge in [0, 0.05) is 36.9 Å². The van der Waals surface area contributed by atoms with Crippen LogP contribution in [0.2, 0.25) is 0 Å². The topological polar surface area (TPSA) is 137 Å². The van der Waals surface area contributed by atoms with E-state index in [1.807, 2.05) is 0 Å². The molecule has 0 aliphatic rings. The zero-order valence-electron chi connectivity index (χ0n) is 19.2. The van der Waals surface area contributed by atoms with Crippen LogP contribution in [0.1, 0.15) is 18.5 Å². The number of anilines is 1. The maximum Gasteiger partial charge on any atom is 0.405 e. The molecule has 0 aliphatic carbocycles. The summed E-state index contributed by atoms with van der Waals surface area (Å²) in [7, 11) is 3.19. The van der Waals surface area contributed by atoms with Gasteiger partial charge in [0.05, 0.1) is 6.54 Å². The summed E-state index contributed by atoms with van der Waals surface area (Å²) in [6.45, 7) is 0.153. The summed E-state index contributed by atoms with van der Waals surface area (Å²) < 4.78 is 14.8. The van der Waals surface area contributed by atoms with E-state index in [2.05, 4.69) is 15.6 Å². The highest BCUT2D eigenvalue weighted by molar-refractivity contribution is 5.96. The van der Waals surface area contributed by atoms with E-state index in [0.29, 0.717) is 11.1 Å². The molecular weight excluding hydrogens is 457 g/mol. The summed E-state index contributed by atoms with van der Waals surface area (Å²) in [5, 5.41) is 14.4. The third-order valence-corrected chi connectivity index (χ3v) is 5.19. The van der Waals surface area contributed by atoms with Crippen molar-refractivity contribution in [3.05, 3.63) is 76.6 Å². The van der Waals surface area contributed by atoms with Gasteiger partial charge in [0.25, 0.3) is 5.56 Å². The van der Waals surface area contributed by atoms with E-state index in [1.54, 1.807) is 44.6 Å². The number of carbonyl (C=O) groups is 3. The molecule has 3 rings (SSSR count). The number of nitrogens with zero attached hydrogens (tertiary/aromatic N) is 2. The van der Waals surface area contributed by atoms with E-state index >= 15 is 0 Å². The molecule has 4 N–H and O–H groups in total. The molecule has 3 amide bonds. The molecule has 0 fully saturated rings. The number of aromatic nitrogens is 2. The first kappa shape index (κ1) is 25.2. The number of benzene rings is 1. The molecule has 0 spiro atoms. The fraction of sp³-hybridized carbons (Fsp3) is 0.250. The minimum absolute atomic E-state index is 0.0184. The highest BCUT2D eigenvalue weighted by atomic mass is 19.1. The van der Waals surface area contributed by atoms with Crippen LogP contribution in [-0.2, 0) is 16.1 Å². The summed E-state index contributed by atoms with van der Waals surface area (Å²) in [5.74, 6) is -1.30. The molecule has 35 heavy (non-hydrogen) atoms. The van der Waals surface area contributed by atoms with Crippen LogP contribution in [0.25, 0.3) is 10.9 Å². The van der Waals surface area contributed by atoms with Crippen molar-refractivity contribution in [2.45, 2.75) is 25.4 Å². The Hall–Kier alpha value is -4.41. The van der Waals surface area contributed by atoms with E-state index in [9.17, 15) is 23.6 Å². The minimum Gasteiger partial charge on any atom is -0.465 e. The van der Waals surface area contributed by atoms with Gasteiger partial charge in [-0.2, -0.15) is 0 Å². The van der Waals surface area contributed by atoms with Crippen molar-refractivity contribution >= 4 is 34.5 Å². The first-order valence-corrected chi connectivity index (χ1v) is 10.8. The molecule has 2 heterocycles. The third-order valence-electron chi connectivity index (χ3n) is 5.19. The number of carboxylic acid groups (broad SMARTS) is 1. The molecule has 2 aromatic heterocycles. The van der Waals surface area contributed by atoms with Gasteiger partial charge in [-0.3, -0.25) is 14.4 Å². The normalized spacial score (nSPS) is 12.0. The van der Waals surface area contributed by atoms with Crippen LogP contribution >= 0.6 is 0 Å². The number of nitrogens with one attached hydrogen (secondary N) is 3. The zero-order valence-corrected chi connectivity index (χ0v) is 19.2. The van der Waals surface area contributed by atoms with Gasteiger partial charge in [-0.25, -0.2) is 9.18 Å². The third kappa shape index (κ3) is 6.79. The van der Waals surface area contributed by atoms with E-state index in [4.69, 9.17) is 5.11 Å².